The maximum Gasteiger partial charge on any atom is 0.416 e. The van der Waals surface area contributed by atoms with E-state index in [0.717, 1.165) is 56.4 Å². The zero-order valence-corrected chi connectivity index (χ0v) is 25.5. The number of hydrogen-bond donors (Lipinski definition) is 2. The number of carbonyl (C=O) groups excluding carboxylic acids is 1. The first-order valence-electron chi connectivity index (χ1n) is 14.5. The van der Waals surface area contributed by atoms with Gasteiger partial charge in [0, 0.05) is 19.7 Å². The lowest BCUT2D eigenvalue weighted by atomic mass is 9.81. The number of aryl methyl sites for hydroxylation is 1. The van der Waals surface area contributed by atoms with Gasteiger partial charge in [-0.15, -0.1) is 0 Å². The van der Waals surface area contributed by atoms with Crippen molar-refractivity contribution in [1.29, 1.82) is 0 Å². The number of rotatable bonds is 9. The number of amides is 1. The van der Waals surface area contributed by atoms with E-state index in [1.54, 1.807) is 34.8 Å². The van der Waals surface area contributed by atoms with Gasteiger partial charge in [-0.05, 0) is 94.3 Å². The Kier molecular flexibility index (Phi) is 11.2. The van der Waals surface area contributed by atoms with Crippen molar-refractivity contribution in [2.75, 3.05) is 7.11 Å². The molecular formula is C32H42F6N2O3. The highest BCUT2D eigenvalue weighted by atomic mass is 19.4. The fourth-order valence-corrected chi connectivity index (χ4v) is 5.70. The van der Waals surface area contributed by atoms with E-state index in [-0.39, 0.29) is 18.0 Å². The van der Waals surface area contributed by atoms with Crippen LogP contribution in [0.4, 0.5) is 31.1 Å². The molecule has 0 saturated heterocycles. The molecule has 1 aliphatic rings. The number of nitrogens with one attached hydrogen (secondary N) is 2. The third kappa shape index (κ3) is 9.86. The third-order valence-corrected chi connectivity index (χ3v) is 7.68. The Morgan fingerprint density at radius 2 is 1.56 bits per heavy atom. The van der Waals surface area contributed by atoms with Crippen molar-refractivity contribution in [3.63, 3.8) is 0 Å². The van der Waals surface area contributed by atoms with Gasteiger partial charge in [-0.1, -0.05) is 37.0 Å². The van der Waals surface area contributed by atoms with E-state index >= 15 is 0 Å². The molecule has 0 aliphatic heterocycles. The first kappa shape index (κ1) is 34.7. The second kappa shape index (κ2) is 13.9. The summed E-state index contributed by atoms with van der Waals surface area (Å²) in [6.07, 6.45) is -5.48. The average molecular weight is 617 g/mol. The molecule has 0 heterocycles. The number of benzene rings is 2. The number of methoxy groups -OCH3 is 1. The maximum atomic E-state index is 13.7. The van der Waals surface area contributed by atoms with Gasteiger partial charge < -0.3 is 20.1 Å². The molecule has 1 aliphatic carbocycles. The Bertz CT molecular complexity index is 1230. The topological polar surface area (TPSA) is 59.6 Å². The molecule has 2 N–H and O–H groups in total. The second-order valence-electron chi connectivity index (χ2n) is 12.4. The van der Waals surface area contributed by atoms with Crippen LogP contribution in [0.25, 0.3) is 0 Å². The number of halogens is 6. The lowest BCUT2D eigenvalue weighted by Gasteiger charge is -2.32. The van der Waals surface area contributed by atoms with E-state index in [0.29, 0.717) is 16.7 Å². The fourth-order valence-electron chi connectivity index (χ4n) is 5.70. The van der Waals surface area contributed by atoms with Crippen LogP contribution in [0, 0.1) is 12.8 Å². The molecule has 3 atom stereocenters. The Labute approximate surface area is 249 Å². The van der Waals surface area contributed by atoms with Crippen molar-refractivity contribution in [2.24, 2.45) is 5.92 Å². The molecule has 11 heteroatoms. The molecule has 0 radical (unpaired) electrons. The largest absolute Gasteiger partial charge is 0.444 e. The molecular weight excluding hydrogens is 574 g/mol. The minimum absolute atomic E-state index is 0.0442. The monoisotopic (exact) mass is 616 g/mol. The molecule has 5 nitrogen and oxygen atoms in total. The smallest absolute Gasteiger partial charge is 0.416 e. The first-order chi connectivity index (χ1) is 19.9. The van der Waals surface area contributed by atoms with Crippen molar-refractivity contribution in [1.82, 2.24) is 10.6 Å². The number of alkyl halides is 6. The van der Waals surface area contributed by atoms with E-state index in [4.69, 9.17) is 9.47 Å². The molecule has 1 fully saturated rings. The number of alkyl carbamates (subject to hydrolysis) is 1. The standard InChI is InChI=1S/C32H42F6N2O3/c1-19-14-22(16-25(15-19)32(36,37)38)27(40-29(41)43-30(3,4)5)20(2)39-18-23-17-24(31(33,34)35)12-13-26(23)28(42-6)21-10-8-7-9-11-21/h12-17,20-21,27-28,39H,7-11,18H2,1-6H3,(H,40,41)/t20-,27-,28?/m0/s1. The summed E-state index contributed by atoms with van der Waals surface area (Å²) in [5.41, 5.74) is -1.03. The highest BCUT2D eigenvalue weighted by Crippen LogP contribution is 2.40. The average Bonchev–Trinajstić information content (AvgIpc) is 2.89. The Balaban J connectivity index is 1.98. The van der Waals surface area contributed by atoms with E-state index in [1.165, 1.54) is 19.1 Å². The maximum absolute atomic E-state index is 13.7. The summed E-state index contributed by atoms with van der Waals surface area (Å²) in [5, 5.41) is 5.84. The molecule has 1 unspecified atom stereocenters. The number of ether oxygens (including phenoxy) is 2. The zero-order valence-electron chi connectivity index (χ0n) is 25.5. The molecule has 1 saturated carbocycles. The molecule has 2 aromatic carbocycles. The summed E-state index contributed by atoms with van der Waals surface area (Å²) < 4.78 is 93.4. The molecule has 240 valence electrons. The summed E-state index contributed by atoms with van der Waals surface area (Å²) in [6, 6.07) is 5.40. The van der Waals surface area contributed by atoms with Gasteiger partial charge in [0.2, 0.25) is 0 Å². The van der Waals surface area contributed by atoms with Crippen LogP contribution in [0.5, 0.6) is 0 Å². The predicted molar refractivity (Wildman–Crippen MR) is 152 cm³/mol. The lowest BCUT2D eigenvalue weighted by molar-refractivity contribution is -0.138. The normalized spacial score (nSPS) is 17.3. The molecule has 0 spiro atoms. The van der Waals surface area contributed by atoms with Gasteiger partial charge in [0.05, 0.1) is 23.3 Å². The summed E-state index contributed by atoms with van der Waals surface area (Å²) in [4.78, 5) is 12.8. The van der Waals surface area contributed by atoms with Crippen molar-refractivity contribution in [3.05, 3.63) is 69.8 Å². The Hall–Kier alpha value is -2.79. The zero-order chi connectivity index (χ0) is 32.2. The summed E-state index contributed by atoms with van der Waals surface area (Å²) in [7, 11) is 1.55. The van der Waals surface area contributed by atoms with Crippen LogP contribution in [-0.4, -0.2) is 24.8 Å². The number of hydrogen-bond acceptors (Lipinski definition) is 4. The summed E-state index contributed by atoms with van der Waals surface area (Å²) in [5.74, 6) is 0.154. The van der Waals surface area contributed by atoms with Gasteiger partial charge in [0.1, 0.15) is 5.60 Å². The lowest BCUT2D eigenvalue weighted by Crippen LogP contribution is -2.44. The minimum atomic E-state index is -4.62. The predicted octanol–water partition coefficient (Wildman–Crippen LogP) is 9.04. The van der Waals surface area contributed by atoms with Crippen molar-refractivity contribution >= 4 is 6.09 Å². The van der Waals surface area contributed by atoms with Gasteiger partial charge in [0.25, 0.3) is 0 Å². The van der Waals surface area contributed by atoms with Gasteiger partial charge in [-0.3, -0.25) is 0 Å². The quantitative estimate of drug-likeness (QED) is 0.276. The fraction of sp³-hybridized carbons (Fsp3) is 0.594. The van der Waals surface area contributed by atoms with Crippen LogP contribution in [0.1, 0.15) is 105 Å². The van der Waals surface area contributed by atoms with Crippen LogP contribution < -0.4 is 10.6 Å². The Morgan fingerprint density at radius 3 is 2.12 bits per heavy atom. The second-order valence-corrected chi connectivity index (χ2v) is 12.4. The molecule has 1 amide bonds. The van der Waals surface area contributed by atoms with Crippen LogP contribution in [-0.2, 0) is 28.4 Å². The van der Waals surface area contributed by atoms with Gasteiger partial charge in [0.15, 0.2) is 0 Å². The number of carbonyl (C=O) groups is 1. The molecule has 0 bridgehead atoms. The van der Waals surface area contributed by atoms with E-state index < -0.39 is 53.4 Å². The van der Waals surface area contributed by atoms with Gasteiger partial charge in [-0.25, -0.2) is 4.79 Å². The van der Waals surface area contributed by atoms with Gasteiger partial charge in [-0.2, -0.15) is 26.3 Å². The summed E-state index contributed by atoms with van der Waals surface area (Å²) in [6.45, 7) is 8.10. The van der Waals surface area contributed by atoms with Crippen LogP contribution in [0.15, 0.2) is 36.4 Å². The SMILES string of the molecule is COC(c1ccc(C(F)(F)F)cc1CN[C@@H](C)[C@H](NC(=O)OC(C)(C)C)c1cc(C)cc(C(F)(F)F)c1)C1CCCCC1. The van der Waals surface area contributed by atoms with Gasteiger partial charge >= 0.3 is 18.4 Å². The van der Waals surface area contributed by atoms with Crippen LogP contribution in [0.2, 0.25) is 0 Å². The van der Waals surface area contributed by atoms with E-state index in [2.05, 4.69) is 10.6 Å². The third-order valence-electron chi connectivity index (χ3n) is 7.68. The van der Waals surface area contributed by atoms with Crippen LogP contribution in [0.3, 0.4) is 0 Å². The highest BCUT2D eigenvalue weighted by Gasteiger charge is 2.35. The van der Waals surface area contributed by atoms with Crippen molar-refractivity contribution in [3.8, 4) is 0 Å². The van der Waals surface area contributed by atoms with Crippen molar-refractivity contribution in [2.45, 2.75) is 109 Å². The summed E-state index contributed by atoms with van der Waals surface area (Å²) >= 11 is 0. The van der Waals surface area contributed by atoms with E-state index in [1.807, 2.05) is 0 Å². The van der Waals surface area contributed by atoms with Crippen molar-refractivity contribution < 1.29 is 40.6 Å². The highest BCUT2D eigenvalue weighted by molar-refractivity contribution is 5.68. The first-order valence-corrected chi connectivity index (χ1v) is 14.5. The molecule has 43 heavy (non-hydrogen) atoms. The minimum Gasteiger partial charge on any atom is -0.444 e. The van der Waals surface area contributed by atoms with Crippen LogP contribution >= 0.6 is 0 Å². The molecule has 3 rings (SSSR count). The Morgan fingerprint density at radius 1 is 0.930 bits per heavy atom. The van der Waals surface area contributed by atoms with E-state index in [9.17, 15) is 31.1 Å². The molecule has 0 aromatic heterocycles. The molecule has 2 aromatic rings.